The fraction of sp³-hybridized carbons (Fsp3) is 0.188. The largest absolute Gasteiger partial charge is 0.490 e. The molecule has 1 aliphatic rings. The van der Waals surface area contributed by atoms with Crippen LogP contribution >= 0.6 is 0 Å². The fourth-order valence-electron chi connectivity index (χ4n) is 2.45. The van der Waals surface area contributed by atoms with Gasteiger partial charge in [-0.05, 0) is 35.7 Å². The van der Waals surface area contributed by atoms with Gasteiger partial charge in [-0.25, -0.2) is 9.18 Å². The Morgan fingerprint density at radius 1 is 1.30 bits per heavy atom. The normalized spacial score (nSPS) is 16.1. The summed E-state index contributed by atoms with van der Waals surface area (Å²) in [5.41, 5.74) is 2.47. The molecule has 102 valence electrons. The Hall–Kier alpha value is -2.36. The van der Waals surface area contributed by atoms with E-state index in [9.17, 15) is 9.18 Å². The van der Waals surface area contributed by atoms with Gasteiger partial charge in [0.1, 0.15) is 0 Å². The minimum Gasteiger partial charge on any atom is -0.490 e. The highest BCUT2D eigenvalue weighted by molar-refractivity contribution is 5.87. The van der Waals surface area contributed by atoms with E-state index in [0.717, 1.165) is 12.5 Å². The molecule has 0 fully saturated rings. The van der Waals surface area contributed by atoms with Crippen LogP contribution in [-0.4, -0.2) is 17.7 Å². The Kier molecular flexibility index (Phi) is 3.14. The summed E-state index contributed by atoms with van der Waals surface area (Å²) in [6, 6.07) is 11.8. The number of benzene rings is 2. The zero-order valence-electron chi connectivity index (χ0n) is 10.7. The lowest BCUT2D eigenvalue weighted by atomic mass is 9.78. The zero-order valence-corrected chi connectivity index (χ0v) is 10.7. The average molecular weight is 272 g/mol. The summed E-state index contributed by atoms with van der Waals surface area (Å²) >= 11 is 0. The van der Waals surface area contributed by atoms with Crippen molar-refractivity contribution in [3.63, 3.8) is 0 Å². The molecular weight excluding hydrogens is 259 g/mol. The second-order valence-electron chi connectivity index (χ2n) is 4.86. The Labute approximate surface area is 115 Å². The van der Waals surface area contributed by atoms with Gasteiger partial charge in [0.05, 0.1) is 12.2 Å². The van der Waals surface area contributed by atoms with E-state index >= 15 is 0 Å². The number of hydrogen-bond acceptors (Lipinski definition) is 2. The van der Waals surface area contributed by atoms with E-state index in [-0.39, 0.29) is 17.2 Å². The quantitative estimate of drug-likeness (QED) is 0.929. The van der Waals surface area contributed by atoms with E-state index in [2.05, 4.69) is 12.1 Å². The number of aromatic carboxylic acids is 1. The molecule has 4 heteroatoms. The molecule has 3 rings (SSSR count). The van der Waals surface area contributed by atoms with Crippen LogP contribution in [0.1, 0.15) is 27.4 Å². The molecule has 1 aliphatic carbocycles. The third-order valence-electron chi connectivity index (χ3n) is 3.58. The van der Waals surface area contributed by atoms with Gasteiger partial charge in [-0.3, -0.25) is 0 Å². The number of carbonyl (C=O) groups is 1. The maximum Gasteiger partial charge on any atom is 0.335 e. The van der Waals surface area contributed by atoms with E-state index < -0.39 is 11.8 Å². The van der Waals surface area contributed by atoms with Crippen LogP contribution in [0.2, 0.25) is 0 Å². The van der Waals surface area contributed by atoms with Gasteiger partial charge >= 0.3 is 5.97 Å². The Balaban J connectivity index is 1.67. The van der Waals surface area contributed by atoms with Gasteiger partial charge in [-0.2, -0.15) is 0 Å². The lowest BCUT2D eigenvalue weighted by Gasteiger charge is -2.29. The molecule has 0 aliphatic heterocycles. The standard InChI is InChI=1S/C16H13FO3/c17-14-8-11(16(18)19)5-6-15(14)20-9-12-7-10-3-1-2-4-13(10)12/h1-6,8,12H,7,9H2,(H,18,19). The molecule has 0 radical (unpaired) electrons. The lowest BCUT2D eigenvalue weighted by molar-refractivity contribution is 0.0696. The summed E-state index contributed by atoms with van der Waals surface area (Å²) in [7, 11) is 0. The number of carboxylic acid groups (broad SMARTS) is 1. The summed E-state index contributed by atoms with van der Waals surface area (Å²) < 4.78 is 19.2. The number of rotatable bonds is 4. The van der Waals surface area contributed by atoms with Gasteiger partial charge in [0.2, 0.25) is 0 Å². The second-order valence-corrected chi connectivity index (χ2v) is 4.86. The number of ether oxygens (including phenoxy) is 1. The number of halogens is 1. The third-order valence-corrected chi connectivity index (χ3v) is 3.58. The van der Waals surface area contributed by atoms with Crippen molar-refractivity contribution in [3.8, 4) is 5.75 Å². The van der Waals surface area contributed by atoms with Crippen LogP contribution < -0.4 is 4.74 Å². The van der Waals surface area contributed by atoms with Crippen molar-refractivity contribution in [2.75, 3.05) is 6.61 Å². The Morgan fingerprint density at radius 3 is 2.80 bits per heavy atom. The first-order valence-electron chi connectivity index (χ1n) is 6.38. The Bertz CT molecular complexity index is 667. The maximum atomic E-state index is 13.7. The summed E-state index contributed by atoms with van der Waals surface area (Å²) in [6.07, 6.45) is 0.936. The molecule has 1 atom stereocenters. The van der Waals surface area contributed by atoms with Crippen molar-refractivity contribution < 1.29 is 19.0 Å². The molecular formula is C16H13FO3. The van der Waals surface area contributed by atoms with Crippen LogP contribution in [0.25, 0.3) is 0 Å². The van der Waals surface area contributed by atoms with Crippen molar-refractivity contribution in [1.82, 2.24) is 0 Å². The number of fused-ring (bicyclic) bond motifs is 1. The van der Waals surface area contributed by atoms with Crippen LogP contribution in [0.5, 0.6) is 5.75 Å². The molecule has 20 heavy (non-hydrogen) atoms. The van der Waals surface area contributed by atoms with Gasteiger partial charge in [0.15, 0.2) is 11.6 Å². The summed E-state index contributed by atoms with van der Waals surface area (Å²) in [5, 5.41) is 8.77. The summed E-state index contributed by atoms with van der Waals surface area (Å²) in [6.45, 7) is 0.403. The van der Waals surface area contributed by atoms with Gasteiger partial charge in [0.25, 0.3) is 0 Å². The molecule has 0 saturated heterocycles. The topological polar surface area (TPSA) is 46.5 Å². The zero-order chi connectivity index (χ0) is 14.1. The summed E-state index contributed by atoms with van der Waals surface area (Å²) in [5.74, 6) is -1.41. The minimum absolute atomic E-state index is 0.0798. The van der Waals surface area contributed by atoms with Gasteiger partial charge in [-0.1, -0.05) is 24.3 Å². The molecule has 0 heterocycles. The van der Waals surface area contributed by atoms with Crippen molar-refractivity contribution in [1.29, 1.82) is 0 Å². The first-order chi connectivity index (χ1) is 9.65. The number of carboxylic acids is 1. The molecule has 1 unspecified atom stereocenters. The maximum absolute atomic E-state index is 13.7. The van der Waals surface area contributed by atoms with E-state index in [1.165, 1.54) is 23.3 Å². The highest BCUT2D eigenvalue weighted by Crippen LogP contribution is 2.35. The monoisotopic (exact) mass is 272 g/mol. The van der Waals surface area contributed by atoms with Crippen molar-refractivity contribution >= 4 is 5.97 Å². The van der Waals surface area contributed by atoms with Crippen molar-refractivity contribution in [2.24, 2.45) is 0 Å². The van der Waals surface area contributed by atoms with Crippen LogP contribution in [0.4, 0.5) is 4.39 Å². The van der Waals surface area contributed by atoms with Crippen LogP contribution in [-0.2, 0) is 6.42 Å². The van der Waals surface area contributed by atoms with Crippen LogP contribution in [0.15, 0.2) is 42.5 Å². The smallest absolute Gasteiger partial charge is 0.335 e. The van der Waals surface area contributed by atoms with E-state index in [1.54, 1.807) is 0 Å². The van der Waals surface area contributed by atoms with Gasteiger partial charge < -0.3 is 9.84 Å². The number of hydrogen-bond donors (Lipinski definition) is 1. The van der Waals surface area contributed by atoms with E-state index in [4.69, 9.17) is 9.84 Å². The molecule has 3 nitrogen and oxygen atoms in total. The second kappa shape index (κ2) is 4.96. The molecule has 0 aromatic heterocycles. The van der Waals surface area contributed by atoms with Crippen LogP contribution in [0.3, 0.4) is 0 Å². The average Bonchev–Trinajstić information content (AvgIpc) is 2.41. The van der Waals surface area contributed by atoms with Gasteiger partial charge in [-0.15, -0.1) is 0 Å². The predicted octanol–water partition coefficient (Wildman–Crippen LogP) is 3.24. The fourth-order valence-corrected chi connectivity index (χ4v) is 2.45. The van der Waals surface area contributed by atoms with Crippen LogP contribution in [0, 0.1) is 5.82 Å². The molecule has 2 aromatic carbocycles. The first kappa shape index (κ1) is 12.7. The van der Waals surface area contributed by atoms with Crippen molar-refractivity contribution in [3.05, 3.63) is 65.0 Å². The molecule has 1 N–H and O–H groups in total. The van der Waals surface area contributed by atoms with Gasteiger partial charge in [0, 0.05) is 5.92 Å². The molecule has 0 amide bonds. The first-order valence-corrected chi connectivity index (χ1v) is 6.38. The lowest BCUT2D eigenvalue weighted by Crippen LogP contribution is -2.23. The minimum atomic E-state index is -1.15. The van der Waals surface area contributed by atoms with Crippen molar-refractivity contribution in [2.45, 2.75) is 12.3 Å². The van der Waals surface area contributed by atoms with E-state index in [1.807, 2.05) is 12.1 Å². The Morgan fingerprint density at radius 2 is 2.10 bits per heavy atom. The molecule has 0 spiro atoms. The SMILES string of the molecule is O=C(O)c1ccc(OCC2Cc3ccccc32)c(F)c1. The molecule has 0 saturated carbocycles. The highest BCUT2D eigenvalue weighted by Gasteiger charge is 2.26. The van der Waals surface area contributed by atoms with E-state index in [0.29, 0.717) is 6.61 Å². The molecule has 2 aromatic rings. The predicted molar refractivity (Wildman–Crippen MR) is 71.7 cm³/mol. The summed E-state index contributed by atoms with van der Waals surface area (Å²) in [4.78, 5) is 10.7. The third kappa shape index (κ3) is 2.25. The molecule has 0 bridgehead atoms. The highest BCUT2D eigenvalue weighted by atomic mass is 19.1.